The maximum Gasteiger partial charge on any atom is 0.255 e. The normalized spacial score (nSPS) is 11.0. The fourth-order valence-corrected chi connectivity index (χ4v) is 3.52. The summed E-state index contributed by atoms with van der Waals surface area (Å²) in [5, 5.41) is 3.80. The summed E-state index contributed by atoms with van der Waals surface area (Å²) in [6.07, 6.45) is 0. The van der Waals surface area contributed by atoms with Crippen molar-refractivity contribution in [1.82, 2.24) is 4.98 Å². The Morgan fingerprint density at radius 3 is 2.39 bits per heavy atom. The number of carbonyl (C=O) groups is 1. The zero-order valence-corrected chi connectivity index (χ0v) is 18.1. The van der Waals surface area contributed by atoms with Gasteiger partial charge >= 0.3 is 0 Å². The minimum atomic E-state index is -0.159. The van der Waals surface area contributed by atoms with Crippen LogP contribution in [-0.2, 0) is 0 Å². The van der Waals surface area contributed by atoms with E-state index in [1.807, 2.05) is 79.7 Å². The molecule has 0 aliphatic rings. The summed E-state index contributed by atoms with van der Waals surface area (Å²) >= 11 is 0. The summed E-state index contributed by atoms with van der Waals surface area (Å²) in [4.78, 5) is 17.6. The lowest BCUT2D eigenvalue weighted by atomic mass is 10.0. The molecule has 0 bridgehead atoms. The fourth-order valence-electron chi connectivity index (χ4n) is 3.52. The van der Waals surface area contributed by atoms with Crippen LogP contribution in [0, 0.1) is 0 Å². The molecule has 4 rings (SSSR count). The lowest BCUT2D eigenvalue weighted by Gasteiger charge is -2.12. The van der Waals surface area contributed by atoms with Crippen LogP contribution < -0.4 is 10.1 Å². The van der Waals surface area contributed by atoms with E-state index in [0.29, 0.717) is 18.1 Å². The second-order valence-corrected chi connectivity index (χ2v) is 7.77. The Morgan fingerprint density at radius 2 is 1.71 bits per heavy atom. The van der Waals surface area contributed by atoms with Crippen molar-refractivity contribution in [1.29, 1.82) is 0 Å². The van der Waals surface area contributed by atoms with E-state index in [1.165, 1.54) is 5.56 Å². The van der Waals surface area contributed by atoms with Crippen LogP contribution in [-0.4, -0.2) is 17.5 Å². The number of fused-ring (bicyclic) bond motifs is 1. The predicted octanol–water partition coefficient (Wildman–Crippen LogP) is 6.68. The molecule has 4 aromatic rings. The molecule has 156 valence electrons. The molecule has 0 saturated carbocycles. The third kappa shape index (κ3) is 4.58. The second-order valence-electron chi connectivity index (χ2n) is 7.77. The highest BCUT2D eigenvalue weighted by Gasteiger charge is 2.13. The minimum absolute atomic E-state index is 0.159. The number of hydrogen-bond acceptors (Lipinski definition) is 3. The van der Waals surface area contributed by atoms with Gasteiger partial charge in [0.15, 0.2) is 0 Å². The van der Waals surface area contributed by atoms with Crippen molar-refractivity contribution in [3.05, 3.63) is 90.0 Å². The molecule has 0 fully saturated rings. The minimum Gasteiger partial charge on any atom is -0.493 e. The maximum absolute atomic E-state index is 12.9. The highest BCUT2D eigenvalue weighted by Crippen LogP contribution is 2.31. The zero-order chi connectivity index (χ0) is 21.8. The Morgan fingerprint density at radius 1 is 0.968 bits per heavy atom. The van der Waals surface area contributed by atoms with E-state index >= 15 is 0 Å². The summed E-state index contributed by atoms with van der Waals surface area (Å²) < 4.78 is 5.90. The SMILES string of the molecule is CCOc1cc(-c2ccccc2)nc2ccc(C(=O)Nc3ccc(C(C)C)cc3)cc12. The van der Waals surface area contributed by atoms with Gasteiger partial charge < -0.3 is 10.1 Å². The van der Waals surface area contributed by atoms with Gasteiger partial charge in [0, 0.05) is 28.3 Å². The second kappa shape index (κ2) is 9.00. The van der Waals surface area contributed by atoms with E-state index in [1.54, 1.807) is 6.07 Å². The first-order chi connectivity index (χ1) is 15.0. The number of anilines is 1. The van der Waals surface area contributed by atoms with Gasteiger partial charge in [-0.05, 0) is 48.7 Å². The van der Waals surface area contributed by atoms with Crippen LogP contribution in [0.5, 0.6) is 5.75 Å². The lowest BCUT2D eigenvalue weighted by molar-refractivity contribution is 0.102. The molecule has 0 spiro atoms. The number of rotatable bonds is 6. The van der Waals surface area contributed by atoms with Crippen LogP contribution in [0.25, 0.3) is 22.2 Å². The van der Waals surface area contributed by atoms with Gasteiger partial charge in [0.05, 0.1) is 17.8 Å². The average molecular weight is 411 g/mol. The van der Waals surface area contributed by atoms with Gasteiger partial charge in [-0.2, -0.15) is 0 Å². The summed E-state index contributed by atoms with van der Waals surface area (Å²) in [7, 11) is 0. The van der Waals surface area contributed by atoms with Crippen molar-refractivity contribution >= 4 is 22.5 Å². The van der Waals surface area contributed by atoms with E-state index in [2.05, 4.69) is 19.2 Å². The standard InChI is InChI=1S/C27H26N2O2/c1-4-31-26-17-25(20-8-6-5-7-9-20)29-24-15-12-21(16-23(24)26)27(30)28-22-13-10-19(11-14-22)18(2)3/h5-18H,4H2,1-3H3,(H,28,30). The van der Waals surface area contributed by atoms with E-state index in [9.17, 15) is 4.79 Å². The number of nitrogens with one attached hydrogen (secondary N) is 1. The summed E-state index contributed by atoms with van der Waals surface area (Å²) in [6.45, 7) is 6.78. The molecule has 1 heterocycles. The Hall–Kier alpha value is -3.66. The van der Waals surface area contributed by atoms with Gasteiger partial charge in [-0.1, -0.05) is 56.3 Å². The number of benzene rings is 3. The first kappa shape index (κ1) is 20.6. The van der Waals surface area contributed by atoms with Crippen LogP contribution in [0.4, 0.5) is 5.69 Å². The number of amides is 1. The Labute approximate surface area is 182 Å². The summed E-state index contributed by atoms with van der Waals surface area (Å²) in [5.41, 5.74) is 5.25. The van der Waals surface area contributed by atoms with Crippen molar-refractivity contribution in [2.24, 2.45) is 0 Å². The molecule has 1 N–H and O–H groups in total. The molecular formula is C27H26N2O2. The molecule has 0 saturated heterocycles. The molecule has 3 aromatic carbocycles. The fraction of sp³-hybridized carbons (Fsp3) is 0.185. The van der Waals surface area contributed by atoms with Gasteiger partial charge in [-0.3, -0.25) is 4.79 Å². The molecule has 0 radical (unpaired) electrons. The number of ether oxygens (including phenoxy) is 1. The Bertz CT molecular complexity index is 1200. The first-order valence-electron chi connectivity index (χ1n) is 10.6. The molecule has 0 aliphatic heterocycles. The van der Waals surface area contributed by atoms with Crippen LogP contribution in [0.15, 0.2) is 78.9 Å². The van der Waals surface area contributed by atoms with Crippen molar-refractivity contribution < 1.29 is 9.53 Å². The van der Waals surface area contributed by atoms with Crippen molar-refractivity contribution in [2.45, 2.75) is 26.7 Å². The number of carbonyl (C=O) groups excluding carboxylic acids is 1. The molecule has 0 atom stereocenters. The van der Waals surface area contributed by atoms with Crippen LogP contribution >= 0.6 is 0 Å². The average Bonchev–Trinajstić information content (AvgIpc) is 2.80. The quantitative estimate of drug-likeness (QED) is 0.386. The predicted molar refractivity (Wildman–Crippen MR) is 127 cm³/mol. The summed E-state index contributed by atoms with van der Waals surface area (Å²) in [5.74, 6) is 1.02. The van der Waals surface area contributed by atoms with Gasteiger partial charge in [0.25, 0.3) is 5.91 Å². The third-order valence-electron chi connectivity index (χ3n) is 5.24. The third-order valence-corrected chi connectivity index (χ3v) is 5.24. The highest BCUT2D eigenvalue weighted by atomic mass is 16.5. The molecular weight excluding hydrogens is 384 g/mol. The molecule has 1 amide bonds. The van der Waals surface area contributed by atoms with Crippen molar-refractivity contribution in [3.63, 3.8) is 0 Å². The highest BCUT2D eigenvalue weighted by molar-refractivity contribution is 6.07. The largest absolute Gasteiger partial charge is 0.493 e. The molecule has 0 unspecified atom stereocenters. The van der Waals surface area contributed by atoms with Crippen LogP contribution in [0.1, 0.15) is 42.6 Å². The van der Waals surface area contributed by atoms with Gasteiger partial charge in [0.1, 0.15) is 5.75 Å². The monoisotopic (exact) mass is 410 g/mol. The van der Waals surface area contributed by atoms with Crippen molar-refractivity contribution in [3.8, 4) is 17.0 Å². The topological polar surface area (TPSA) is 51.2 Å². The number of aromatic nitrogens is 1. The smallest absolute Gasteiger partial charge is 0.255 e. The Balaban J connectivity index is 1.66. The zero-order valence-electron chi connectivity index (χ0n) is 18.1. The molecule has 31 heavy (non-hydrogen) atoms. The molecule has 4 nitrogen and oxygen atoms in total. The van der Waals surface area contributed by atoms with E-state index in [-0.39, 0.29) is 5.91 Å². The maximum atomic E-state index is 12.9. The molecule has 0 aliphatic carbocycles. The molecule has 1 aromatic heterocycles. The van der Waals surface area contributed by atoms with Crippen LogP contribution in [0.3, 0.4) is 0 Å². The van der Waals surface area contributed by atoms with Crippen LogP contribution in [0.2, 0.25) is 0 Å². The van der Waals surface area contributed by atoms with Crippen molar-refractivity contribution in [2.75, 3.05) is 11.9 Å². The number of hydrogen-bond donors (Lipinski definition) is 1. The Kier molecular flexibility index (Phi) is 5.99. The number of pyridine rings is 1. The van der Waals surface area contributed by atoms with E-state index in [0.717, 1.165) is 33.6 Å². The van der Waals surface area contributed by atoms with E-state index < -0.39 is 0 Å². The lowest BCUT2D eigenvalue weighted by Crippen LogP contribution is -2.12. The van der Waals surface area contributed by atoms with Gasteiger partial charge in [0.2, 0.25) is 0 Å². The number of nitrogens with zero attached hydrogens (tertiary/aromatic N) is 1. The summed E-state index contributed by atoms with van der Waals surface area (Å²) in [6, 6.07) is 25.4. The molecule has 4 heteroatoms. The van der Waals surface area contributed by atoms with E-state index in [4.69, 9.17) is 9.72 Å². The first-order valence-corrected chi connectivity index (χ1v) is 10.6. The van der Waals surface area contributed by atoms with Gasteiger partial charge in [-0.15, -0.1) is 0 Å². The van der Waals surface area contributed by atoms with Gasteiger partial charge in [-0.25, -0.2) is 4.98 Å².